The quantitative estimate of drug-likeness (QED) is 0.461. The van der Waals surface area contributed by atoms with Crippen LogP contribution in [0.25, 0.3) is 0 Å². The molecule has 1 saturated heterocycles. The SMILES string of the molecule is CCOC(=O)NN=C1c2ccccc2[C@]2(O)NC(=O)N[C@]12O. The van der Waals surface area contributed by atoms with Gasteiger partial charge in [-0.05, 0) is 6.92 Å². The highest BCUT2D eigenvalue weighted by Gasteiger charge is 2.67. The fourth-order valence-electron chi connectivity index (χ4n) is 2.64. The van der Waals surface area contributed by atoms with E-state index in [4.69, 9.17) is 0 Å². The number of aliphatic hydroxyl groups is 2. The number of rotatable bonds is 2. The maximum atomic E-state index is 11.6. The van der Waals surface area contributed by atoms with Crippen molar-refractivity contribution in [2.45, 2.75) is 18.4 Å². The highest BCUT2D eigenvalue weighted by atomic mass is 16.5. The number of carbonyl (C=O) groups excluding carboxylic acids is 2. The first-order chi connectivity index (χ1) is 10.4. The van der Waals surface area contributed by atoms with Gasteiger partial charge >= 0.3 is 12.1 Å². The second-order valence-corrected chi connectivity index (χ2v) is 4.84. The Bertz CT molecular complexity index is 691. The van der Waals surface area contributed by atoms with E-state index in [1.54, 1.807) is 31.2 Å². The number of hydrazone groups is 1. The average Bonchev–Trinajstić information content (AvgIpc) is 2.79. The average molecular weight is 306 g/mol. The van der Waals surface area contributed by atoms with E-state index in [1.807, 2.05) is 0 Å². The number of amides is 3. The molecular weight excluding hydrogens is 292 g/mol. The van der Waals surface area contributed by atoms with Crippen LogP contribution in [0.4, 0.5) is 9.59 Å². The lowest BCUT2D eigenvalue weighted by Crippen LogP contribution is -2.58. The molecule has 1 aliphatic carbocycles. The summed E-state index contributed by atoms with van der Waals surface area (Å²) in [7, 11) is 0. The van der Waals surface area contributed by atoms with Gasteiger partial charge in [-0.2, -0.15) is 5.10 Å². The summed E-state index contributed by atoms with van der Waals surface area (Å²) in [5.74, 6) is 0. The summed E-state index contributed by atoms with van der Waals surface area (Å²) in [4.78, 5) is 22.9. The molecule has 3 amide bonds. The summed E-state index contributed by atoms with van der Waals surface area (Å²) in [6, 6.07) is 5.70. The summed E-state index contributed by atoms with van der Waals surface area (Å²) in [6.45, 7) is 1.78. The first-order valence-electron chi connectivity index (χ1n) is 6.58. The van der Waals surface area contributed by atoms with E-state index in [1.165, 1.54) is 0 Å². The summed E-state index contributed by atoms with van der Waals surface area (Å²) in [5, 5.41) is 29.7. The lowest BCUT2D eigenvalue weighted by molar-refractivity contribution is -0.110. The molecule has 0 unspecified atom stereocenters. The summed E-state index contributed by atoms with van der Waals surface area (Å²) in [5.41, 5.74) is -1.61. The number of ether oxygens (including phenoxy) is 1. The van der Waals surface area contributed by atoms with Gasteiger partial charge in [0.2, 0.25) is 11.4 Å². The molecule has 2 atom stereocenters. The van der Waals surface area contributed by atoms with Gasteiger partial charge < -0.3 is 25.6 Å². The number of hydrogen-bond donors (Lipinski definition) is 5. The topological polar surface area (TPSA) is 132 Å². The number of nitrogens with one attached hydrogen (secondary N) is 3. The maximum absolute atomic E-state index is 11.6. The van der Waals surface area contributed by atoms with Crippen molar-refractivity contribution in [2.75, 3.05) is 6.61 Å². The van der Waals surface area contributed by atoms with Crippen molar-refractivity contribution in [2.24, 2.45) is 5.10 Å². The number of nitrogens with zero attached hydrogens (tertiary/aromatic N) is 1. The second kappa shape index (κ2) is 4.68. The van der Waals surface area contributed by atoms with Gasteiger partial charge in [-0.25, -0.2) is 15.0 Å². The molecule has 5 N–H and O–H groups in total. The van der Waals surface area contributed by atoms with Crippen molar-refractivity contribution in [3.63, 3.8) is 0 Å². The van der Waals surface area contributed by atoms with Crippen LogP contribution >= 0.6 is 0 Å². The van der Waals surface area contributed by atoms with Crippen LogP contribution in [0.1, 0.15) is 18.1 Å². The molecule has 116 valence electrons. The van der Waals surface area contributed by atoms with Crippen LogP contribution < -0.4 is 16.1 Å². The lowest BCUT2D eigenvalue weighted by atomic mass is 10.0. The molecule has 9 nitrogen and oxygen atoms in total. The molecule has 1 aromatic carbocycles. The van der Waals surface area contributed by atoms with E-state index in [2.05, 4.69) is 25.9 Å². The van der Waals surface area contributed by atoms with E-state index in [9.17, 15) is 19.8 Å². The third-order valence-corrected chi connectivity index (χ3v) is 3.56. The molecule has 0 radical (unpaired) electrons. The van der Waals surface area contributed by atoms with Crippen LogP contribution in [0.2, 0.25) is 0 Å². The molecule has 9 heteroatoms. The zero-order valence-electron chi connectivity index (χ0n) is 11.6. The summed E-state index contributed by atoms with van der Waals surface area (Å²) in [6.07, 6.45) is -0.816. The minimum Gasteiger partial charge on any atom is -0.449 e. The molecule has 1 aliphatic heterocycles. The van der Waals surface area contributed by atoms with Gasteiger partial charge in [0.05, 0.1) is 6.61 Å². The number of carbonyl (C=O) groups is 2. The first kappa shape index (κ1) is 14.3. The largest absolute Gasteiger partial charge is 0.449 e. The normalized spacial score (nSPS) is 30.3. The third-order valence-electron chi connectivity index (χ3n) is 3.56. The number of urea groups is 1. The molecule has 0 aromatic heterocycles. The van der Waals surface area contributed by atoms with Gasteiger partial charge in [-0.3, -0.25) is 0 Å². The molecule has 1 heterocycles. The first-order valence-corrected chi connectivity index (χ1v) is 6.58. The van der Waals surface area contributed by atoms with Crippen LogP contribution in [0.5, 0.6) is 0 Å². The Balaban J connectivity index is 2.07. The van der Waals surface area contributed by atoms with Crippen molar-refractivity contribution in [1.29, 1.82) is 0 Å². The molecular formula is C13H14N4O5. The maximum Gasteiger partial charge on any atom is 0.427 e. The van der Waals surface area contributed by atoms with Crippen molar-refractivity contribution in [3.05, 3.63) is 35.4 Å². The molecule has 0 saturated carbocycles. The smallest absolute Gasteiger partial charge is 0.427 e. The molecule has 22 heavy (non-hydrogen) atoms. The van der Waals surface area contributed by atoms with Gasteiger partial charge in [0.25, 0.3) is 0 Å². The number of hydrogen-bond acceptors (Lipinski definition) is 6. The van der Waals surface area contributed by atoms with E-state index in [-0.39, 0.29) is 17.9 Å². The molecule has 0 bridgehead atoms. The molecule has 1 fully saturated rings. The van der Waals surface area contributed by atoms with E-state index < -0.39 is 23.6 Å². The van der Waals surface area contributed by atoms with Crippen LogP contribution in [0.3, 0.4) is 0 Å². The third kappa shape index (κ3) is 1.76. The molecule has 2 aliphatic rings. The van der Waals surface area contributed by atoms with Gasteiger partial charge in [0.15, 0.2) is 0 Å². The summed E-state index contributed by atoms with van der Waals surface area (Å²) >= 11 is 0. The standard InChI is InChI=1S/C13H14N4O5/c1-2-22-11(19)17-16-9-7-5-3-4-6-8(7)12(20)13(9,21)15-10(18)14-12/h3-6,20-21H,2H2,1H3,(H,17,19)(H2,14,15,18)/t12-,13+/m1/s1. The zero-order valence-corrected chi connectivity index (χ0v) is 11.6. The van der Waals surface area contributed by atoms with E-state index in [0.717, 1.165) is 0 Å². The van der Waals surface area contributed by atoms with E-state index >= 15 is 0 Å². The summed E-state index contributed by atoms with van der Waals surface area (Å²) < 4.78 is 4.68. The molecule has 3 rings (SSSR count). The Kier molecular flexibility index (Phi) is 3.04. The Morgan fingerprint density at radius 1 is 1.32 bits per heavy atom. The minimum atomic E-state index is -2.20. The minimum absolute atomic E-state index is 0.1000. The van der Waals surface area contributed by atoms with Crippen molar-refractivity contribution in [1.82, 2.24) is 16.1 Å². The highest BCUT2D eigenvalue weighted by Crippen LogP contribution is 2.43. The predicted octanol–water partition coefficient (Wildman–Crippen LogP) is -0.703. The molecule has 1 aromatic rings. The van der Waals surface area contributed by atoms with Crippen molar-refractivity contribution < 1.29 is 24.5 Å². The predicted molar refractivity (Wildman–Crippen MR) is 73.7 cm³/mol. The van der Waals surface area contributed by atoms with Crippen LogP contribution in [-0.2, 0) is 10.5 Å². The van der Waals surface area contributed by atoms with Crippen LogP contribution in [-0.4, -0.2) is 40.4 Å². The second-order valence-electron chi connectivity index (χ2n) is 4.84. The number of fused-ring (bicyclic) bond motifs is 3. The van der Waals surface area contributed by atoms with Crippen LogP contribution in [0, 0.1) is 0 Å². The fraction of sp³-hybridized carbons (Fsp3) is 0.308. The molecule has 0 spiro atoms. The Labute approximate surface area is 125 Å². The Morgan fingerprint density at radius 2 is 2.00 bits per heavy atom. The zero-order chi connectivity index (χ0) is 16.0. The lowest BCUT2D eigenvalue weighted by Gasteiger charge is -2.29. The Morgan fingerprint density at radius 3 is 2.73 bits per heavy atom. The van der Waals surface area contributed by atoms with Crippen LogP contribution in [0.15, 0.2) is 29.4 Å². The van der Waals surface area contributed by atoms with E-state index in [0.29, 0.717) is 5.56 Å². The highest BCUT2D eigenvalue weighted by molar-refractivity contribution is 6.14. The van der Waals surface area contributed by atoms with Gasteiger partial charge in [-0.1, -0.05) is 24.3 Å². The van der Waals surface area contributed by atoms with Gasteiger partial charge in [0, 0.05) is 11.1 Å². The van der Waals surface area contributed by atoms with Crippen molar-refractivity contribution in [3.8, 4) is 0 Å². The van der Waals surface area contributed by atoms with Crippen molar-refractivity contribution >= 4 is 17.8 Å². The fourth-order valence-corrected chi connectivity index (χ4v) is 2.64. The van der Waals surface area contributed by atoms with Gasteiger partial charge in [-0.15, -0.1) is 0 Å². The van der Waals surface area contributed by atoms with Gasteiger partial charge in [0.1, 0.15) is 5.71 Å². The number of benzene rings is 1. The monoisotopic (exact) mass is 306 g/mol. The Hall–Kier alpha value is -2.65.